The Kier molecular flexibility index (Phi) is 6.08. The molecule has 2 aromatic rings. The maximum absolute atomic E-state index is 4.38. The van der Waals surface area contributed by atoms with Crippen LogP contribution in [0.5, 0.6) is 0 Å². The fraction of sp³-hybridized carbons (Fsp3) is 0.615. The first-order valence-electron chi connectivity index (χ1n) is 7.05. The molecule has 0 bridgehead atoms. The number of piperidine rings is 1. The molecule has 0 aromatic carbocycles. The summed E-state index contributed by atoms with van der Waals surface area (Å²) in [4.78, 5) is 0. The van der Waals surface area contributed by atoms with Crippen LogP contribution >= 0.6 is 24.2 Å². The highest BCUT2D eigenvalue weighted by atomic mass is 35.5. The van der Waals surface area contributed by atoms with Crippen LogP contribution in [0, 0.1) is 0 Å². The summed E-state index contributed by atoms with van der Waals surface area (Å²) < 4.78 is 4.08. The van der Waals surface area contributed by atoms with Crippen LogP contribution in [0.25, 0.3) is 0 Å². The van der Waals surface area contributed by atoms with Gasteiger partial charge in [0.2, 0.25) is 0 Å². The maximum atomic E-state index is 4.38. The van der Waals surface area contributed by atoms with Crippen LogP contribution in [0.4, 0.5) is 0 Å². The maximum Gasteiger partial charge on any atom is 0.191 e. The largest absolute Gasteiger partial charge is 0.316 e. The van der Waals surface area contributed by atoms with Crippen LogP contribution in [-0.2, 0) is 13.6 Å². The monoisotopic (exact) mass is 328 g/mol. The predicted molar refractivity (Wildman–Crippen MR) is 86.0 cm³/mol. The standard InChI is InChI=1S/C13H20N6S.ClH/c1-18-12(11-4-2-5-14-10-11)16-17-13(18)20-9-8-19-7-3-6-15-19;/h3,6-7,11,14H,2,4-5,8-10H2,1H3;1H. The Morgan fingerprint density at radius 1 is 1.43 bits per heavy atom. The first kappa shape index (κ1) is 16.3. The third kappa shape index (κ3) is 3.99. The van der Waals surface area contributed by atoms with Gasteiger partial charge in [0, 0.05) is 37.7 Å². The number of thioether (sulfide) groups is 1. The molecule has 1 saturated heterocycles. The van der Waals surface area contributed by atoms with Crippen molar-refractivity contribution in [1.82, 2.24) is 29.9 Å². The highest BCUT2D eigenvalue weighted by Crippen LogP contribution is 2.24. The van der Waals surface area contributed by atoms with Crippen molar-refractivity contribution in [1.29, 1.82) is 0 Å². The molecule has 3 heterocycles. The SMILES string of the molecule is Cl.Cn1c(SCCn2cccn2)nnc1C1CCCNC1. The van der Waals surface area contributed by atoms with Gasteiger partial charge in [0.05, 0.1) is 6.54 Å². The molecule has 1 N–H and O–H groups in total. The molecular formula is C13H21ClN6S. The van der Waals surface area contributed by atoms with E-state index in [0.29, 0.717) is 5.92 Å². The van der Waals surface area contributed by atoms with E-state index in [1.807, 2.05) is 16.9 Å². The first-order chi connectivity index (χ1) is 9.84. The molecule has 6 nitrogen and oxygen atoms in total. The second-order valence-corrected chi connectivity index (χ2v) is 6.12. The molecule has 21 heavy (non-hydrogen) atoms. The summed E-state index contributed by atoms with van der Waals surface area (Å²) in [6.07, 6.45) is 6.22. The molecule has 3 rings (SSSR count). The van der Waals surface area contributed by atoms with Gasteiger partial charge in [-0.25, -0.2) is 0 Å². The van der Waals surface area contributed by atoms with Gasteiger partial charge in [0.1, 0.15) is 5.82 Å². The van der Waals surface area contributed by atoms with E-state index in [2.05, 4.69) is 32.2 Å². The van der Waals surface area contributed by atoms with Crippen LogP contribution in [0.2, 0.25) is 0 Å². The average Bonchev–Trinajstić information content (AvgIpc) is 3.11. The molecular weight excluding hydrogens is 308 g/mol. The van der Waals surface area contributed by atoms with E-state index >= 15 is 0 Å². The summed E-state index contributed by atoms with van der Waals surface area (Å²) in [6, 6.07) is 1.95. The van der Waals surface area contributed by atoms with Crippen molar-refractivity contribution in [3.05, 3.63) is 24.3 Å². The minimum Gasteiger partial charge on any atom is -0.316 e. The Balaban J connectivity index is 0.00000161. The lowest BCUT2D eigenvalue weighted by Gasteiger charge is -2.21. The molecule has 2 aromatic heterocycles. The number of nitrogens with one attached hydrogen (secondary N) is 1. The van der Waals surface area contributed by atoms with Crippen LogP contribution in [-0.4, -0.2) is 43.4 Å². The molecule has 1 aliphatic heterocycles. The van der Waals surface area contributed by atoms with E-state index in [1.165, 1.54) is 12.8 Å². The smallest absolute Gasteiger partial charge is 0.191 e. The molecule has 0 aliphatic carbocycles. The number of nitrogens with zero attached hydrogens (tertiary/aromatic N) is 5. The molecule has 116 valence electrons. The molecule has 0 radical (unpaired) electrons. The first-order valence-corrected chi connectivity index (χ1v) is 8.03. The quantitative estimate of drug-likeness (QED) is 0.846. The third-order valence-electron chi connectivity index (χ3n) is 3.64. The highest BCUT2D eigenvalue weighted by Gasteiger charge is 2.21. The second-order valence-electron chi connectivity index (χ2n) is 5.06. The number of halogens is 1. The van der Waals surface area contributed by atoms with Gasteiger partial charge in [-0.2, -0.15) is 5.10 Å². The molecule has 0 saturated carbocycles. The Bertz CT molecular complexity index is 535. The van der Waals surface area contributed by atoms with Crippen molar-refractivity contribution in [3.8, 4) is 0 Å². The molecule has 0 spiro atoms. The van der Waals surface area contributed by atoms with Gasteiger partial charge in [-0.05, 0) is 25.5 Å². The molecule has 1 unspecified atom stereocenters. The number of aromatic nitrogens is 5. The van der Waals surface area contributed by atoms with E-state index in [4.69, 9.17) is 0 Å². The molecule has 1 fully saturated rings. The number of aryl methyl sites for hydroxylation is 1. The summed E-state index contributed by atoms with van der Waals surface area (Å²) in [7, 11) is 2.07. The Labute approximate surface area is 135 Å². The zero-order chi connectivity index (χ0) is 13.8. The van der Waals surface area contributed by atoms with Crippen molar-refractivity contribution < 1.29 is 0 Å². The van der Waals surface area contributed by atoms with Crippen molar-refractivity contribution in [2.45, 2.75) is 30.5 Å². The van der Waals surface area contributed by atoms with Crippen LogP contribution in [0.15, 0.2) is 23.6 Å². The minimum absolute atomic E-state index is 0. The zero-order valence-electron chi connectivity index (χ0n) is 12.1. The van der Waals surface area contributed by atoms with E-state index in [1.54, 1.807) is 18.0 Å². The van der Waals surface area contributed by atoms with Crippen molar-refractivity contribution in [2.24, 2.45) is 7.05 Å². The fourth-order valence-corrected chi connectivity index (χ4v) is 3.39. The van der Waals surface area contributed by atoms with Crippen molar-refractivity contribution in [3.63, 3.8) is 0 Å². The van der Waals surface area contributed by atoms with E-state index < -0.39 is 0 Å². The molecule has 1 atom stereocenters. The molecule has 0 amide bonds. The Morgan fingerprint density at radius 2 is 2.33 bits per heavy atom. The number of hydrogen-bond acceptors (Lipinski definition) is 5. The van der Waals surface area contributed by atoms with Gasteiger partial charge in [-0.15, -0.1) is 22.6 Å². The Morgan fingerprint density at radius 3 is 3.05 bits per heavy atom. The predicted octanol–water partition coefficient (Wildman–Crippen LogP) is 1.69. The van der Waals surface area contributed by atoms with Gasteiger partial charge in [-0.3, -0.25) is 4.68 Å². The third-order valence-corrected chi connectivity index (χ3v) is 4.64. The van der Waals surface area contributed by atoms with E-state index in [9.17, 15) is 0 Å². The molecule has 8 heteroatoms. The lowest BCUT2D eigenvalue weighted by Crippen LogP contribution is -2.29. The average molecular weight is 329 g/mol. The number of hydrogen-bond donors (Lipinski definition) is 1. The van der Waals surface area contributed by atoms with Crippen molar-refractivity contribution in [2.75, 3.05) is 18.8 Å². The summed E-state index contributed by atoms with van der Waals surface area (Å²) in [5, 5.41) is 17.3. The van der Waals surface area contributed by atoms with Crippen molar-refractivity contribution >= 4 is 24.2 Å². The van der Waals surface area contributed by atoms with E-state index in [-0.39, 0.29) is 12.4 Å². The topological polar surface area (TPSA) is 60.6 Å². The lowest BCUT2D eigenvalue weighted by molar-refractivity contribution is 0.436. The van der Waals surface area contributed by atoms with Gasteiger partial charge in [-0.1, -0.05) is 11.8 Å². The van der Waals surface area contributed by atoms with Crippen LogP contribution < -0.4 is 5.32 Å². The summed E-state index contributed by atoms with van der Waals surface area (Å²) >= 11 is 1.74. The Hall–Kier alpha value is -1.05. The van der Waals surface area contributed by atoms with E-state index in [0.717, 1.165) is 36.4 Å². The van der Waals surface area contributed by atoms with Gasteiger partial charge >= 0.3 is 0 Å². The fourth-order valence-electron chi connectivity index (χ4n) is 2.54. The summed E-state index contributed by atoms with van der Waals surface area (Å²) in [5.41, 5.74) is 0. The summed E-state index contributed by atoms with van der Waals surface area (Å²) in [6.45, 7) is 3.04. The van der Waals surface area contributed by atoms with Gasteiger partial charge < -0.3 is 9.88 Å². The highest BCUT2D eigenvalue weighted by molar-refractivity contribution is 7.99. The minimum atomic E-state index is 0. The second kappa shape index (κ2) is 7.82. The number of rotatable bonds is 5. The summed E-state index contributed by atoms with van der Waals surface area (Å²) in [5.74, 6) is 2.57. The van der Waals surface area contributed by atoms with Crippen LogP contribution in [0.3, 0.4) is 0 Å². The lowest BCUT2D eigenvalue weighted by atomic mass is 9.99. The van der Waals surface area contributed by atoms with Crippen LogP contribution in [0.1, 0.15) is 24.6 Å². The normalized spacial score (nSPS) is 18.4. The zero-order valence-corrected chi connectivity index (χ0v) is 13.7. The molecule has 1 aliphatic rings. The van der Waals surface area contributed by atoms with Gasteiger partial charge in [0.25, 0.3) is 0 Å². The van der Waals surface area contributed by atoms with Gasteiger partial charge in [0.15, 0.2) is 5.16 Å².